The Balaban J connectivity index is 1.08. The molecule has 0 bridgehead atoms. The van der Waals surface area contributed by atoms with Gasteiger partial charge in [0.05, 0.1) is 35.8 Å². The zero-order chi connectivity index (χ0) is 29.5. The number of aromatic amines is 2. The maximum atomic E-state index is 14.2. The van der Waals surface area contributed by atoms with Gasteiger partial charge >= 0.3 is 0 Å². The van der Waals surface area contributed by atoms with E-state index in [4.69, 9.17) is 4.98 Å². The van der Waals surface area contributed by atoms with E-state index in [1.54, 1.807) is 17.3 Å². The van der Waals surface area contributed by atoms with Crippen LogP contribution in [-0.2, 0) is 19.4 Å². The number of aryl methyl sites for hydroxylation is 1. The molecule has 4 N–H and O–H groups in total. The summed E-state index contributed by atoms with van der Waals surface area (Å²) in [4.78, 5) is 32.1. The van der Waals surface area contributed by atoms with Crippen LogP contribution < -0.4 is 5.32 Å². The summed E-state index contributed by atoms with van der Waals surface area (Å²) >= 11 is 0. The van der Waals surface area contributed by atoms with Crippen molar-refractivity contribution >= 4 is 22.6 Å². The van der Waals surface area contributed by atoms with Gasteiger partial charge in [0.15, 0.2) is 17.4 Å². The van der Waals surface area contributed by atoms with Crippen molar-refractivity contribution in [3.05, 3.63) is 71.2 Å². The molecule has 10 nitrogen and oxygen atoms in total. The van der Waals surface area contributed by atoms with E-state index in [0.717, 1.165) is 51.8 Å². The largest absolute Gasteiger partial charge is 0.505 e. The van der Waals surface area contributed by atoms with Crippen molar-refractivity contribution in [2.75, 3.05) is 11.9 Å². The summed E-state index contributed by atoms with van der Waals surface area (Å²) in [5.41, 5.74) is 5.99. The molecule has 4 heterocycles. The predicted molar refractivity (Wildman–Crippen MR) is 161 cm³/mol. The SMILES string of the molecule is CCc1cc(O)c(F)cc1-c1ccc2c(-c3nc4c([nH]3)CN(C(=O)c3cnc(NC5CCCCC5)cn3)CC4)n[nH]c2c1. The zero-order valence-electron chi connectivity index (χ0n) is 24.0. The van der Waals surface area contributed by atoms with Crippen LogP contribution in [0.5, 0.6) is 5.75 Å². The van der Waals surface area contributed by atoms with Crippen LogP contribution in [0.15, 0.2) is 42.7 Å². The molecule has 1 aliphatic carbocycles. The molecule has 11 heteroatoms. The van der Waals surface area contributed by atoms with Crippen LogP contribution >= 0.6 is 0 Å². The van der Waals surface area contributed by atoms with Gasteiger partial charge in [0.25, 0.3) is 5.91 Å². The van der Waals surface area contributed by atoms with E-state index in [1.807, 2.05) is 25.1 Å². The molecule has 0 unspecified atom stereocenters. The fourth-order valence-corrected chi connectivity index (χ4v) is 6.24. The number of aromatic nitrogens is 6. The lowest BCUT2D eigenvalue weighted by molar-refractivity contribution is 0.0725. The number of nitrogens with zero attached hydrogens (tertiary/aromatic N) is 5. The molecule has 0 radical (unpaired) electrons. The van der Waals surface area contributed by atoms with Crippen molar-refractivity contribution in [2.45, 2.75) is 64.5 Å². The maximum Gasteiger partial charge on any atom is 0.274 e. The predicted octanol–water partition coefficient (Wildman–Crippen LogP) is 5.76. The molecule has 0 atom stereocenters. The van der Waals surface area contributed by atoms with Gasteiger partial charge in [-0.05, 0) is 60.2 Å². The highest BCUT2D eigenvalue weighted by Crippen LogP contribution is 2.34. The molecule has 1 fully saturated rings. The monoisotopic (exact) mass is 580 g/mol. The number of carbonyl (C=O) groups excluding carboxylic acids is 1. The molecular weight excluding hydrogens is 547 g/mol. The first-order valence-electron chi connectivity index (χ1n) is 14.9. The number of nitrogens with one attached hydrogen (secondary N) is 3. The van der Waals surface area contributed by atoms with Gasteiger partial charge in [-0.2, -0.15) is 5.10 Å². The smallest absolute Gasteiger partial charge is 0.274 e. The van der Waals surface area contributed by atoms with Crippen LogP contribution in [0, 0.1) is 5.82 Å². The number of H-pyrrole nitrogens is 2. The number of rotatable bonds is 6. The molecule has 3 aromatic heterocycles. The van der Waals surface area contributed by atoms with Gasteiger partial charge < -0.3 is 20.3 Å². The van der Waals surface area contributed by atoms with E-state index in [-0.39, 0.29) is 11.7 Å². The second-order valence-electron chi connectivity index (χ2n) is 11.4. The summed E-state index contributed by atoms with van der Waals surface area (Å²) in [7, 11) is 0. The summed E-state index contributed by atoms with van der Waals surface area (Å²) in [5, 5.41) is 21.7. The Morgan fingerprint density at radius 3 is 2.79 bits per heavy atom. The first-order chi connectivity index (χ1) is 21.0. The standard InChI is InChI=1S/C32H33FN8O2/c1-2-18-13-28(42)23(33)14-22(18)19-8-9-21-25(12-19)39-40-30(21)31-37-24-10-11-41(17-27(24)38-31)32(43)26-15-35-29(16-34-26)36-20-6-4-3-5-7-20/h8-9,12-16,20,42H,2-7,10-11,17H2,1H3,(H,35,36)(H,37,38)(H,39,40). The Bertz CT molecular complexity index is 1810. The van der Waals surface area contributed by atoms with E-state index in [9.17, 15) is 14.3 Å². The Labute approximate surface area is 247 Å². The molecule has 43 heavy (non-hydrogen) atoms. The number of fused-ring (bicyclic) bond motifs is 2. The Morgan fingerprint density at radius 1 is 1.14 bits per heavy atom. The molecule has 1 saturated carbocycles. The van der Waals surface area contributed by atoms with Crippen molar-refractivity contribution in [1.82, 2.24) is 35.0 Å². The van der Waals surface area contributed by atoms with E-state index >= 15 is 0 Å². The Morgan fingerprint density at radius 2 is 2.00 bits per heavy atom. The van der Waals surface area contributed by atoms with Gasteiger partial charge in [-0.15, -0.1) is 0 Å². The molecule has 220 valence electrons. The van der Waals surface area contributed by atoms with Gasteiger partial charge in [-0.25, -0.2) is 19.3 Å². The lowest BCUT2D eigenvalue weighted by Gasteiger charge is -2.26. The first kappa shape index (κ1) is 27.1. The summed E-state index contributed by atoms with van der Waals surface area (Å²) in [6.45, 7) is 2.90. The highest BCUT2D eigenvalue weighted by atomic mass is 19.1. The zero-order valence-corrected chi connectivity index (χ0v) is 24.0. The molecule has 0 spiro atoms. The third kappa shape index (κ3) is 5.19. The van der Waals surface area contributed by atoms with Crippen LogP contribution in [0.4, 0.5) is 10.2 Å². The number of amides is 1. The van der Waals surface area contributed by atoms with Crippen molar-refractivity contribution in [2.24, 2.45) is 0 Å². The number of phenolic OH excluding ortho intramolecular Hbond substituents is 1. The third-order valence-electron chi connectivity index (χ3n) is 8.60. The maximum absolute atomic E-state index is 14.2. The lowest BCUT2D eigenvalue weighted by Crippen LogP contribution is -2.36. The van der Waals surface area contributed by atoms with Crippen LogP contribution in [0.1, 0.15) is 66.5 Å². The Kier molecular flexibility index (Phi) is 7.00. The van der Waals surface area contributed by atoms with Crippen molar-refractivity contribution in [3.63, 3.8) is 0 Å². The molecule has 2 aromatic carbocycles. The van der Waals surface area contributed by atoms with Gasteiger partial charge in [0.1, 0.15) is 17.2 Å². The lowest BCUT2D eigenvalue weighted by atomic mass is 9.96. The average Bonchev–Trinajstić information content (AvgIpc) is 3.66. The molecular formula is C32H33FN8O2. The van der Waals surface area contributed by atoms with Crippen LogP contribution in [-0.4, -0.2) is 58.6 Å². The van der Waals surface area contributed by atoms with Crippen molar-refractivity contribution < 1.29 is 14.3 Å². The van der Waals surface area contributed by atoms with Gasteiger partial charge in [0.2, 0.25) is 0 Å². The Hall–Kier alpha value is -4.80. The summed E-state index contributed by atoms with van der Waals surface area (Å²) in [5.74, 6) is 0.180. The number of anilines is 1. The summed E-state index contributed by atoms with van der Waals surface area (Å²) < 4.78 is 14.2. The van der Waals surface area contributed by atoms with Crippen LogP contribution in [0.25, 0.3) is 33.5 Å². The molecule has 0 saturated heterocycles. The minimum absolute atomic E-state index is 0.159. The fraction of sp³-hybridized carbons (Fsp3) is 0.344. The molecule has 7 rings (SSSR count). The fourth-order valence-electron chi connectivity index (χ4n) is 6.24. The van der Waals surface area contributed by atoms with Crippen molar-refractivity contribution in [1.29, 1.82) is 0 Å². The van der Waals surface area contributed by atoms with Crippen molar-refractivity contribution in [3.8, 4) is 28.4 Å². The number of hydrogen-bond donors (Lipinski definition) is 4. The number of halogens is 1. The average molecular weight is 581 g/mol. The van der Waals surface area contributed by atoms with Gasteiger partial charge in [0, 0.05) is 24.4 Å². The van der Waals surface area contributed by atoms with E-state index in [0.29, 0.717) is 55.0 Å². The highest BCUT2D eigenvalue weighted by Gasteiger charge is 2.27. The quantitative estimate of drug-likeness (QED) is 0.201. The molecule has 1 amide bonds. The van der Waals surface area contributed by atoms with E-state index in [1.165, 1.54) is 31.4 Å². The number of benzene rings is 2. The number of phenols is 1. The first-order valence-corrected chi connectivity index (χ1v) is 14.9. The number of imidazole rings is 1. The molecule has 1 aliphatic heterocycles. The number of aromatic hydroxyl groups is 1. The van der Waals surface area contributed by atoms with E-state index < -0.39 is 5.82 Å². The van der Waals surface area contributed by atoms with Crippen LogP contribution in [0.2, 0.25) is 0 Å². The highest BCUT2D eigenvalue weighted by molar-refractivity contribution is 5.94. The third-order valence-corrected chi connectivity index (χ3v) is 8.60. The summed E-state index contributed by atoms with van der Waals surface area (Å²) in [6.07, 6.45) is 10.5. The summed E-state index contributed by atoms with van der Waals surface area (Å²) in [6, 6.07) is 9.06. The topological polar surface area (TPSA) is 136 Å². The molecule has 5 aromatic rings. The number of hydrogen-bond acceptors (Lipinski definition) is 7. The van der Waals surface area contributed by atoms with Gasteiger partial charge in [-0.3, -0.25) is 9.89 Å². The van der Waals surface area contributed by atoms with Crippen LogP contribution in [0.3, 0.4) is 0 Å². The second-order valence-corrected chi connectivity index (χ2v) is 11.4. The molecule has 2 aliphatic rings. The minimum atomic E-state index is -0.651. The van der Waals surface area contributed by atoms with E-state index in [2.05, 4.69) is 30.5 Å². The normalized spacial score (nSPS) is 15.5. The second kappa shape index (κ2) is 11.1. The minimum Gasteiger partial charge on any atom is -0.505 e. The number of carbonyl (C=O) groups is 1. The van der Waals surface area contributed by atoms with Gasteiger partial charge in [-0.1, -0.05) is 32.3 Å².